The Bertz CT molecular complexity index is 567. The van der Waals surface area contributed by atoms with Gasteiger partial charge in [0.25, 0.3) is 0 Å². The number of hydrogen-bond acceptors (Lipinski definition) is 4. The van der Waals surface area contributed by atoms with Gasteiger partial charge in [0.2, 0.25) is 0 Å². The van der Waals surface area contributed by atoms with E-state index in [4.69, 9.17) is 14.7 Å². The molecule has 1 aliphatic heterocycles. The van der Waals surface area contributed by atoms with Gasteiger partial charge in [-0.05, 0) is 23.8 Å². The average Bonchev–Trinajstić information content (AvgIpc) is 2.43. The van der Waals surface area contributed by atoms with E-state index < -0.39 is 0 Å². The van der Waals surface area contributed by atoms with Crippen molar-refractivity contribution in [1.82, 2.24) is 0 Å². The lowest BCUT2D eigenvalue weighted by molar-refractivity contribution is -0.117. The van der Waals surface area contributed by atoms with Crippen molar-refractivity contribution in [2.45, 2.75) is 13.8 Å². The van der Waals surface area contributed by atoms with Crippen LogP contribution in [0.4, 0.5) is 0 Å². The number of carbonyl (C=O) groups excluding carboxylic acids is 1. The maximum absolute atomic E-state index is 11.8. The van der Waals surface area contributed by atoms with Crippen molar-refractivity contribution in [3.8, 4) is 17.6 Å². The number of Topliss-reactive ketones (excluding diaryl/α,β-unsaturated/α-hetero) is 1. The summed E-state index contributed by atoms with van der Waals surface area (Å²) in [5.74, 6) is 0.992. The number of fused-ring (bicyclic) bond motifs is 1. The first-order valence-corrected chi connectivity index (χ1v) is 6.17. The van der Waals surface area contributed by atoms with E-state index in [1.807, 2.05) is 6.07 Å². The maximum Gasteiger partial charge on any atom is 0.175 e. The summed E-state index contributed by atoms with van der Waals surface area (Å²) in [6.07, 6.45) is 1.58. The van der Waals surface area contributed by atoms with Crippen LogP contribution in [-0.2, 0) is 4.79 Å². The van der Waals surface area contributed by atoms with Crippen LogP contribution in [0.2, 0.25) is 0 Å². The third kappa shape index (κ3) is 2.94. The molecule has 0 atom stereocenters. The quantitative estimate of drug-likeness (QED) is 0.617. The van der Waals surface area contributed by atoms with Gasteiger partial charge in [0.05, 0.1) is 5.57 Å². The fraction of sp³-hybridized carbons (Fsp3) is 0.333. The van der Waals surface area contributed by atoms with Gasteiger partial charge in [0, 0.05) is 5.92 Å². The second-order valence-corrected chi connectivity index (χ2v) is 4.59. The average molecular weight is 257 g/mol. The van der Waals surface area contributed by atoms with Crippen molar-refractivity contribution in [1.29, 1.82) is 5.26 Å². The molecule has 0 N–H and O–H groups in total. The molecule has 4 heteroatoms. The lowest BCUT2D eigenvalue weighted by Gasteiger charge is -2.18. The van der Waals surface area contributed by atoms with Gasteiger partial charge in [0.15, 0.2) is 17.3 Å². The molecule has 4 nitrogen and oxygen atoms in total. The molecule has 0 bridgehead atoms. The van der Waals surface area contributed by atoms with E-state index in [0.717, 1.165) is 5.56 Å². The van der Waals surface area contributed by atoms with Crippen molar-refractivity contribution >= 4 is 11.9 Å². The number of ketones is 1. The molecule has 19 heavy (non-hydrogen) atoms. The van der Waals surface area contributed by atoms with Gasteiger partial charge in [-0.15, -0.1) is 0 Å². The molecular weight excluding hydrogens is 242 g/mol. The molecule has 0 radical (unpaired) electrons. The summed E-state index contributed by atoms with van der Waals surface area (Å²) >= 11 is 0. The SMILES string of the molecule is CC(C)C(=O)C(C#N)=Cc1ccc2c(c1)OCCO2. The van der Waals surface area contributed by atoms with Crippen LogP contribution in [-0.4, -0.2) is 19.0 Å². The van der Waals surface area contributed by atoms with Crippen molar-refractivity contribution in [3.63, 3.8) is 0 Å². The number of carbonyl (C=O) groups is 1. The summed E-state index contributed by atoms with van der Waals surface area (Å²) in [5.41, 5.74) is 0.918. The standard InChI is InChI=1S/C15H15NO3/c1-10(2)15(17)12(9-16)7-11-3-4-13-14(8-11)19-6-5-18-13/h3-4,7-8,10H,5-6H2,1-2H3. The van der Waals surface area contributed by atoms with Crippen LogP contribution < -0.4 is 9.47 Å². The fourth-order valence-corrected chi connectivity index (χ4v) is 1.79. The number of allylic oxidation sites excluding steroid dienone is 1. The highest BCUT2D eigenvalue weighted by Crippen LogP contribution is 2.31. The summed E-state index contributed by atoms with van der Waals surface area (Å²) in [4.78, 5) is 11.8. The van der Waals surface area contributed by atoms with Gasteiger partial charge in [-0.25, -0.2) is 0 Å². The van der Waals surface area contributed by atoms with E-state index in [0.29, 0.717) is 24.7 Å². The van der Waals surface area contributed by atoms with Crippen molar-refractivity contribution < 1.29 is 14.3 Å². The van der Waals surface area contributed by atoms with E-state index >= 15 is 0 Å². The van der Waals surface area contributed by atoms with Gasteiger partial charge in [-0.1, -0.05) is 19.9 Å². The summed E-state index contributed by atoms with van der Waals surface area (Å²) in [7, 11) is 0. The number of nitrogens with zero attached hydrogens (tertiary/aromatic N) is 1. The topological polar surface area (TPSA) is 59.3 Å². The highest BCUT2D eigenvalue weighted by molar-refractivity contribution is 6.04. The summed E-state index contributed by atoms with van der Waals surface area (Å²) in [6, 6.07) is 7.32. The zero-order valence-corrected chi connectivity index (χ0v) is 11.0. The van der Waals surface area contributed by atoms with Crippen LogP contribution in [0.1, 0.15) is 19.4 Å². The van der Waals surface area contributed by atoms with E-state index in [2.05, 4.69) is 0 Å². The molecule has 0 spiro atoms. The normalized spacial score (nSPS) is 14.1. The highest BCUT2D eigenvalue weighted by Gasteiger charge is 2.15. The van der Waals surface area contributed by atoms with Crippen LogP contribution >= 0.6 is 0 Å². The molecule has 1 aliphatic rings. The number of hydrogen-bond donors (Lipinski definition) is 0. The first kappa shape index (κ1) is 13.2. The van der Waals surface area contributed by atoms with E-state index in [1.54, 1.807) is 38.1 Å². The molecular formula is C15H15NO3. The molecule has 98 valence electrons. The Kier molecular flexibility index (Phi) is 3.86. The maximum atomic E-state index is 11.8. The number of rotatable bonds is 3. The molecule has 1 aromatic carbocycles. The largest absolute Gasteiger partial charge is 0.486 e. The van der Waals surface area contributed by atoms with Crippen LogP contribution in [0.5, 0.6) is 11.5 Å². The van der Waals surface area contributed by atoms with E-state index in [1.165, 1.54) is 0 Å². The third-order valence-corrected chi connectivity index (χ3v) is 2.79. The smallest absolute Gasteiger partial charge is 0.175 e. The molecule has 0 fully saturated rings. The Balaban J connectivity index is 2.32. The monoisotopic (exact) mass is 257 g/mol. The Morgan fingerprint density at radius 3 is 2.63 bits per heavy atom. The Labute approximate surface area is 112 Å². The molecule has 0 saturated heterocycles. The number of nitriles is 1. The van der Waals surface area contributed by atoms with E-state index in [-0.39, 0.29) is 17.3 Å². The second-order valence-electron chi connectivity index (χ2n) is 4.59. The summed E-state index contributed by atoms with van der Waals surface area (Å²) < 4.78 is 10.9. The molecule has 1 heterocycles. The molecule has 0 aromatic heterocycles. The predicted molar refractivity (Wildman–Crippen MR) is 70.9 cm³/mol. The molecule has 0 aliphatic carbocycles. The van der Waals surface area contributed by atoms with Crippen molar-refractivity contribution in [2.75, 3.05) is 13.2 Å². The summed E-state index contributed by atoms with van der Waals surface area (Å²) in [6.45, 7) is 4.60. The lowest BCUT2D eigenvalue weighted by Crippen LogP contribution is -2.15. The van der Waals surface area contributed by atoms with Crippen molar-refractivity contribution in [3.05, 3.63) is 29.3 Å². The van der Waals surface area contributed by atoms with Gasteiger partial charge < -0.3 is 9.47 Å². The lowest BCUT2D eigenvalue weighted by atomic mass is 10.00. The van der Waals surface area contributed by atoms with Gasteiger partial charge >= 0.3 is 0 Å². The minimum absolute atomic E-state index is 0.155. The minimum Gasteiger partial charge on any atom is -0.486 e. The van der Waals surface area contributed by atoms with Gasteiger partial charge in [-0.3, -0.25) is 4.79 Å². The van der Waals surface area contributed by atoms with Gasteiger partial charge in [-0.2, -0.15) is 5.26 Å². The molecule has 1 aromatic rings. The van der Waals surface area contributed by atoms with Crippen LogP contribution in [0, 0.1) is 17.2 Å². The number of benzene rings is 1. The van der Waals surface area contributed by atoms with Crippen LogP contribution in [0.15, 0.2) is 23.8 Å². The van der Waals surface area contributed by atoms with Crippen LogP contribution in [0.25, 0.3) is 6.08 Å². The predicted octanol–water partition coefficient (Wildman–Crippen LogP) is 2.59. The Morgan fingerprint density at radius 1 is 1.32 bits per heavy atom. The highest BCUT2D eigenvalue weighted by atomic mass is 16.6. The van der Waals surface area contributed by atoms with Gasteiger partial charge in [0.1, 0.15) is 19.3 Å². The Hall–Kier alpha value is -2.28. The number of ether oxygens (including phenoxy) is 2. The zero-order valence-electron chi connectivity index (χ0n) is 11.0. The zero-order chi connectivity index (χ0) is 13.8. The Morgan fingerprint density at radius 2 is 2.00 bits per heavy atom. The van der Waals surface area contributed by atoms with E-state index in [9.17, 15) is 4.79 Å². The minimum atomic E-state index is -0.192. The first-order chi connectivity index (χ1) is 9.11. The fourth-order valence-electron chi connectivity index (χ4n) is 1.79. The molecule has 0 amide bonds. The van der Waals surface area contributed by atoms with Crippen molar-refractivity contribution in [2.24, 2.45) is 5.92 Å². The molecule has 0 saturated carbocycles. The summed E-state index contributed by atoms with van der Waals surface area (Å²) in [5, 5.41) is 9.05. The molecule has 2 rings (SSSR count). The first-order valence-electron chi connectivity index (χ1n) is 6.17. The second kappa shape index (κ2) is 5.57. The van der Waals surface area contributed by atoms with Crippen LogP contribution in [0.3, 0.4) is 0 Å². The third-order valence-electron chi connectivity index (χ3n) is 2.79. The molecule has 0 unspecified atom stereocenters.